The number of benzene rings is 2. The van der Waals surface area contributed by atoms with Gasteiger partial charge in [-0.05, 0) is 29.8 Å². The highest BCUT2D eigenvalue weighted by molar-refractivity contribution is 7.80. The van der Waals surface area contributed by atoms with E-state index >= 15 is 0 Å². The van der Waals surface area contributed by atoms with Crippen LogP contribution in [0.25, 0.3) is 0 Å². The third-order valence-electron chi connectivity index (χ3n) is 5.06. The van der Waals surface area contributed by atoms with Crippen molar-refractivity contribution < 1.29 is 8.78 Å². The SMILES string of the molecule is CC(C)CN1CCN(c2cc(F)c(/C=N/NC(N)=S)cc2F)C[C@H]1c1ccccc1. The zero-order valence-corrected chi connectivity index (χ0v) is 18.0. The lowest BCUT2D eigenvalue weighted by molar-refractivity contribution is 0.158. The molecular formula is C22H27F2N5S. The first-order chi connectivity index (χ1) is 14.3. The number of anilines is 1. The van der Waals surface area contributed by atoms with Crippen molar-refractivity contribution in [1.82, 2.24) is 10.3 Å². The molecule has 0 unspecified atom stereocenters. The van der Waals surface area contributed by atoms with Crippen LogP contribution in [0.2, 0.25) is 0 Å². The summed E-state index contributed by atoms with van der Waals surface area (Å²) in [4.78, 5) is 4.34. The third kappa shape index (κ3) is 5.52. The molecule has 8 heteroatoms. The van der Waals surface area contributed by atoms with Gasteiger partial charge in [-0.1, -0.05) is 44.2 Å². The number of nitrogens with zero attached hydrogens (tertiary/aromatic N) is 3. The van der Waals surface area contributed by atoms with Crippen LogP contribution < -0.4 is 16.1 Å². The number of hydrazone groups is 1. The largest absolute Gasteiger partial charge is 0.375 e. The Hall–Kier alpha value is -2.58. The van der Waals surface area contributed by atoms with Gasteiger partial charge in [-0.2, -0.15) is 5.10 Å². The molecule has 0 amide bonds. The summed E-state index contributed by atoms with van der Waals surface area (Å²) in [5.41, 5.74) is 9.08. The van der Waals surface area contributed by atoms with E-state index in [1.54, 1.807) is 0 Å². The Kier molecular flexibility index (Phi) is 7.33. The van der Waals surface area contributed by atoms with E-state index in [0.717, 1.165) is 25.4 Å². The maximum Gasteiger partial charge on any atom is 0.184 e. The summed E-state index contributed by atoms with van der Waals surface area (Å²) >= 11 is 4.64. The summed E-state index contributed by atoms with van der Waals surface area (Å²) in [5, 5.41) is 3.66. The van der Waals surface area contributed by atoms with Crippen molar-refractivity contribution >= 4 is 29.2 Å². The number of thiocarbonyl (C=S) groups is 1. The average Bonchev–Trinajstić information content (AvgIpc) is 2.70. The van der Waals surface area contributed by atoms with Gasteiger partial charge in [-0.15, -0.1) is 0 Å². The lowest BCUT2D eigenvalue weighted by atomic mass is 10.00. The van der Waals surface area contributed by atoms with Gasteiger partial charge in [-0.3, -0.25) is 10.3 Å². The van der Waals surface area contributed by atoms with Gasteiger partial charge in [-0.25, -0.2) is 8.78 Å². The van der Waals surface area contributed by atoms with Crippen LogP contribution in [-0.2, 0) is 0 Å². The number of halogens is 2. The minimum absolute atomic E-state index is 0.0260. The van der Waals surface area contributed by atoms with Crippen LogP contribution >= 0.6 is 12.2 Å². The maximum absolute atomic E-state index is 14.9. The zero-order chi connectivity index (χ0) is 21.7. The molecule has 3 N–H and O–H groups in total. The molecule has 0 aromatic heterocycles. The highest BCUT2D eigenvalue weighted by atomic mass is 32.1. The second kappa shape index (κ2) is 9.95. The van der Waals surface area contributed by atoms with E-state index in [0.29, 0.717) is 19.0 Å². The van der Waals surface area contributed by atoms with E-state index in [4.69, 9.17) is 5.73 Å². The third-order valence-corrected chi connectivity index (χ3v) is 5.15. The van der Waals surface area contributed by atoms with Crippen LogP contribution in [0.1, 0.15) is 31.0 Å². The van der Waals surface area contributed by atoms with Crippen LogP contribution in [-0.4, -0.2) is 42.4 Å². The summed E-state index contributed by atoms with van der Waals surface area (Å²) in [7, 11) is 0. The fraction of sp³-hybridized carbons (Fsp3) is 0.364. The molecule has 1 aliphatic rings. The topological polar surface area (TPSA) is 56.9 Å². The molecule has 30 heavy (non-hydrogen) atoms. The van der Waals surface area contributed by atoms with Gasteiger partial charge in [0.25, 0.3) is 0 Å². The van der Waals surface area contributed by atoms with E-state index in [9.17, 15) is 8.78 Å². The van der Waals surface area contributed by atoms with Crippen molar-refractivity contribution in [3.05, 3.63) is 65.2 Å². The van der Waals surface area contributed by atoms with Gasteiger partial charge in [0.1, 0.15) is 11.6 Å². The van der Waals surface area contributed by atoms with Crippen molar-refractivity contribution in [3.63, 3.8) is 0 Å². The predicted molar refractivity (Wildman–Crippen MR) is 122 cm³/mol. The molecule has 0 spiro atoms. The Morgan fingerprint density at radius 1 is 1.23 bits per heavy atom. The number of hydrogen-bond acceptors (Lipinski definition) is 4. The Balaban J connectivity index is 1.84. The Morgan fingerprint density at radius 3 is 2.63 bits per heavy atom. The van der Waals surface area contributed by atoms with E-state index in [1.165, 1.54) is 11.6 Å². The number of piperazine rings is 1. The van der Waals surface area contributed by atoms with E-state index in [1.807, 2.05) is 23.1 Å². The normalized spacial score (nSPS) is 17.6. The molecule has 1 fully saturated rings. The average molecular weight is 432 g/mol. The first kappa shape index (κ1) is 22.1. The van der Waals surface area contributed by atoms with Crippen LogP contribution in [0.5, 0.6) is 0 Å². The second-order valence-electron chi connectivity index (χ2n) is 7.82. The zero-order valence-electron chi connectivity index (χ0n) is 17.2. The minimum atomic E-state index is -0.555. The molecule has 2 aromatic carbocycles. The second-order valence-corrected chi connectivity index (χ2v) is 8.26. The monoisotopic (exact) mass is 431 g/mol. The summed E-state index contributed by atoms with van der Waals surface area (Å²) in [6, 6.07) is 12.7. The first-order valence-electron chi connectivity index (χ1n) is 9.96. The summed E-state index contributed by atoms with van der Waals surface area (Å²) in [6.45, 7) is 7.33. The minimum Gasteiger partial charge on any atom is -0.375 e. The number of nitrogens with two attached hydrogens (primary N) is 1. The Bertz CT molecular complexity index is 904. The molecule has 0 radical (unpaired) electrons. The lowest BCUT2D eigenvalue weighted by Gasteiger charge is -2.43. The Labute approximate surface area is 181 Å². The molecule has 5 nitrogen and oxygen atoms in total. The lowest BCUT2D eigenvalue weighted by Crippen LogP contribution is -2.49. The number of rotatable bonds is 6. The summed E-state index contributed by atoms with van der Waals surface area (Å²) in [5.74, 6) is -0.524. The van der Waals surface area contributed by atoms with Crippen molar-refractivity contribution in [2.75, 3.05) is 31.1 Å². The molecule has 1 atom stereocenters. The highest BCUT2D eigenvalue weighted by Crippen LogP contribution is 2.31. The van der Waals surface area contributed by atoms with Crippen LogP contribution in [0.15, 0.2) is 47.6 Å². The predicted octanol–water partition coefficient (Wildman–Crippen LogP) is 3.65. The molecule has 0 aliphatic carbocycles. The fourth-order valence-corrected chi connectivity index (χ4v) is 3.83. The van der Waals surface area contributed by atoms with Gasteiger partial charge in [0.2, 0.25) is 0 Å². The van der Waals surface area contributed by atoms with E-state index in [-0.39, 0.29) is 22.4 Å². The van der Waals surface area contributed by atoms with Gasteiger partial charge in [0.15, 0.2) is 5.11 Å². The van der Waals surface area contributed by atoms with Gasteiger partial charge >= 0.3 is 0 Å². The first-order valence-corrected chi connectivity index (χ1v) is 10.4. The van der Waals surface area contributed by atoms with Gasteiger partial charge in [0.05, 0.1) is 17.9 Å². The van der Waals surface area contributed by atoms with Gasteiger partial charge in [0, 0.05) is 37.8 Å². The van der Waals surface area contributed by atoms with Crippen LogP contribution in [0.3, 0.4) is 0 Å². The van der Waals surface area contributed by atoms with E-state index < -0.39 is 11.6 Å². The van der Waals surface area contributed by atoms with Crippen LogP contribution in [0.4, 0.5) is 14.5 Å². The molecular weight excluding hydrogens is 404 g/mol. The molecule has 1 saturated heterocycles. The van der Waals surface area contributed by atoms with E-state index in [2.05, 4.69) is 53.6 Å². The van der Waals surface area contributed by atoms with Crippen molar-refractivity contribution in [3.8, 4) is 0 Å². The van der Waals surface area contributed by atoms with Gasteiger partial charge < -0.3 is 10.6 Å². The fourth-order valence-electron chi connectivity index (χ4n) is 3.78. The summed E-state index contributed by atoms with van der Waals surface area (Å²) < 4.78 is 29.5. The molecule has 2 aromatic rings. The summed E-state index contributed by atoms with van der Waals surface area (Å²) in [6.07, 6.45) is 1.16. The maximum atomic E-state index is 14.9. The number of hydrogen-bond donors (Lipinski definition) is 2. The standard InChI is InChI=1S/C22H27F2N5S/c1-15(2)13-28-8-9-29(14-21(28)16-6-4-3-5-7-16)20-11-18(23)17(10-19(20)24)12-26-27-22(25)30/h3-7,10-12,15,21H,8-9,13-14H2,1-2H3,(H3,25,27,30)/b26-12+/t21-/m0/s1. The molecule has 0 saturated carbocycles. The molecule has 0 bridgehead atoms. The Morgan fingerprint density at radius 2 is 1.97 bits per heavy atom. The smallest absolute Gasteiger partial charge is 0.184 e. The van der Waals surface area contributed by atoms with Crippen molar-refractivity contribution in [2.24, 2.45) is 16.8 Å². The van der Waals surface area contributed by atoms with Crippen LogP contribution in [0, 0.1) is 17.6 Å². The molecule has 160 valence electrons. The molecule has 3 rings (SSSR count). The molecule has 1 heterocycles. The highest BCUT2D eigenvalue weighted by Gasteiger charge is 2.30. The van der Waals surface area contributed by atoms with Crippen molar-refractivity contribution in [1.29, 1.82) is 0 Å². The molecule has 1 aliphatic heterocycles. The quantitative estimate of drug-likeness (QED) is 0.415. The van der Waals surface area contributed by atoms with Crippen molar-refractivity contribution in [2.45, 2.75) is 19.9 Å². The number of nitrogens with one attached hydrogen (secondary N) is 1.